The van der Waals surface area contributed by atoms with Crippen LogP contribution in [0.4, 0.5) is 0 Å². The Kier molecular flexibility index (Phi) is 4.94. The summed E-state index contributed by atoms with van der Waals surface area (Å²) in [6, 6.07) is 2.53. The van der Waals surface area contributed by atoms with Gasteiger partial charge in [-0.05, 0) is 57.3 Å². The molecule has 3 aliphatic carbocycles. The molecule has 0 aromatic heterocycles. The van der Waals surface area contributed by atoms with Crippen LogP contribution in [0.5, 0.6) is 0 Å². The van der Waals surface area contributed by atoms with Crippen LogP contribution in [0, 0.1) is 28.6 Å². The monoisotopic (exact) mass is 329 g/mol. The molecule has 0 unspecified atom stereocenters. The molecular weight excluding hydrogens is 297 g/mol. The standard InChI is InChI=1S/C20H32BNO2/c1-20(14-22)13-12-17(20)21-23-18(15-8-4-2-5-9-15)19(24-21)16-10-6-3-7-11-16/h15-19H,2-13H2,1H3/t17-,18-,19-,20+/m1/s1. The quantitative estimate of drug-likeness (QED) is 0.675. The smallest absolute Gasteiger partial charge is 0.405 e. The van der Waals surface area contributed by atoms with E-state index in [2.05, 4.69) is 13.0 Å². The molecule has 4 rings (SSSR count). The Morgan fingerprint density at radius 3 is 1.71 bits per heavy atom. The zero-order valence-electron chi connectivity index (χ0n) is 15.2. The first kappa shape index (κ1) is 16.9. The summed E-state index contributed by atoms with van der Waals surface area (Å²) in [6.45, 7) is 2.09. The highest BCUT2D eigenvalue weighted by Gasteiger charge is 2.57. The van der Waals surface area contributed by atoms with Gasteiger partial charge in [-0.2, -0.15) is 5.26 Å². The van der Waals surface area contributed by atoms with Crippen molar-refractivity contribution < 1.29 is 9.31 Å². The van der Waals surface area contributed by atoms with E-state index in [-0.39, 0.29) is 18.4 Å². The fourth-order valence-electron chi connectivity index (χ4n) is 5.69. The summed E-state index contributed by atoms with van der Waals surface area (Å²) in [7, 11) is -0.123. The predicted octanol–water partition coefficient (Wildman–Crippen LogP) is 5.11. The molecule has 4 fully saturated rings. The van der Waals surface area contributed by atoms with E-state index in [1.807, 2.05) is 0 Å². The summed E-state index contributed by atoms with van der Waals surface area (Å²) in [6.07, 6.45) is 16.1. The Morgan fingerprint density at radius 1 is 0.833 bits per heavy atom. The van der Waals surface area contributed by atoms with Crippen molar-refractivity contribution >= 4 is 7.12 Å². The predicted molar refractivity (Wildman–Crippen MR) is 95.4 cm³/mol. The number of nitrogens with zero attached hydrogens (tertiary/aromatic N) is 1. The first-order valence-corrected chi connectivity index (χ1v) is 10.4. The molecule has 0 spiro atoms. The van der Waals surface area contributed by atoms with Gasteiger partial charge in [0.2, 0.25) is 0 Å². The molecule has 1 aliphatic heterocycles. The lowest BCUT2D eigenvalue weighted by Gasteiger charge is -2.42. The largest absolute Gasteiger partial charge is 0.462 e. The highest BCUT2D eigenvalue weighted by molar-refractivity contribution is 6.48. The SMILES string of the molecule is C[C@@]1(C#N)CC[C@H]1B1O[C@H](C2CCCCC2)[C@@H](C2CCCCC2)O1. The molecule has 1 saturated heterocycles. The minimum atomic E-state index is -0.233. The van der Waals surface area contributed by atoms with Crippen molar-refractivity contribution in [3.8, 4) is 6.07 Å². The van der Waals surface area contributed by atoms with E-state index in [1.54, 1.807) is 0 Å². The lowest BCUT2D eigenvalue weighted by atomic mass is 9.47. The molecule has 4 atom stereocenters. The fraction of sp³-hybridized carbons (Fsp3) is 0.950. The van der Waals surface area contributed by atoms with Crippen LogP contribution >= 0.6 is 0 Å². The molecule has 0 N–H and O–H groups in total. The molecule has 1 heterocycles. The van der Waals surface area contributed by atoms with E-state index in [9.17, 15) is 5.26 Å². The second kappa shape index (κ2) is 7.00. The second-order valence-electron chi connectivity index (χ2n) is 9.04. The van der Waals surface area contributed by atoms with Gasteiger partial charge in [-0.1, -0.05) is 38.5 Å². The molecule has 0 aromatic carbocycles. The number of hydrogen-bond donors (Lipinski definition) is 0. The summed E-state index contributed by atoms with van der Waals surface area (Å²) in [5.74, 6) is 1.65. The summed E-state index contributed by atoms with van der Waals surface area (Å²) >= 11 is 0. The summed E-state index contributed by atoms with van der Waals surface area (Å²) in [5.41, 5.74) is -0.233. The molecule has 24 heavy (non-hydrogen) atoms. The van der Waals surface area contributed by atoms with Crippen LogP contribution < -0.4 is 0 Å². The van der Waals surface area contributed by atoms with Gasteiger partial charge in [0.25, 0.3) is 0 Å². The van der Waals surface area contributed by atoms with Crippen molar-refractivity contribution in [1.29, 1.82) is 5.26 Å². The summed E-state index contributed by atoms with van der Waals surface area (Å²) in [4.78, 5) is 0. The van der Waals surface area contributed by atoms with Gasteiger partial charge in [0.1, 0.15) is 0 Å². The Balaban J connectivity index is 1.50. The molecular formula is C20H32BNO2. The molecule has 0 bridgehead atoms. The van der Waals surface area contributed by atoms with E-state index in [1.165, 1.54) is 64.2 Å². The van der Waals surface area contributed by atoms with Crippen molar-refractivity contribution in [2.75, 3.05) is 0 Å². The highest BCUT2D eigenvalue weighted by Crippen LogP contribution is 2.55. The molecule has 4 aliphatic rings. The number of hydrogen-bond acceptors (Lipinski definition) is 3. The lowest BCUT2D eigenvalue weighted by molar-refractivity contribution is 0.0324. The third kappa shape index (κ3) is 3.03. The molecule has 0 aromatic rings. The molecule has 3 nitrogen and oxygen atoms in total. The van der Waals surface area contributed by atoms with Gasteiger partial charge in [-0.3, -0.25) is 0 Å². The van der Waals surface area contributed by atoms with E-state index >= 15 is 0 Å². The Bertz CT molecular complexity index is 455. The van der Waals surface area contributed by atoms with Crippen LogP contribution in [0.25, 0.3) is 0 Å². The first-order valence-electron chi connectivity index (χ1n) is 10.4. The van der Waals surface area contributed by atoms with E-state index in [0.29, 0.717) is 24.0 Å². The van der Waals surface area contributed by atoms with Gasteiger partial charge >= 0.3 is 7.12 Å². The Hall–Kier alpha value is -0.525. The molecule has 132 valence electrons. The van der Waals surface area contributed by atoms with Crippen LogP contribution in [0.1, 0.15) is 84.0 Å². The Labute approximate surface area is 147 Å². The van der Waals surface area contributed by atoms with Gasteiger partial charge in [-0.15, -0.1) is 0 Å². The second-order valence-corrected chi connectivity index (χ2v) is 9.04. The van der Waals surface area contributed by atoms with Gasteiger partial charge < -0.3 is 9.31 Å². The topological polar surface area (TPSA) is 42.2 Å². The Morgan fingerprint density at radius 2 is 1.33 bits per heavy atom. The van der Waals surface area contributed by atoms with Crippen LogP contribution in [0.2, 0.25) is 5.82 Å². The minimum absolute atomic E-state index is 0.123. The van der Waals surface area contributed by atoms with Crippen molar-refractivity contribution in [2.24, 2.45) is 17.3 Å². The van der Waals surface area contributed by atoms with Crippen LogP contribution in [-0.2, 0) is 9.31 Å². The lowest BCUT2D eigenvalue weighted by Crippen LogP contribution is -2.43. The highest BCUT2D eigenvalue weighted by atomic mass is 16.7. The average molecular weight is 329 g/mol. The maximum atomic E-state index is 9.54. The van der Waals surface area contributed by atoms with Crippen molar-refractivity contribution in [1.82, 2.24) is 0 Å². The molecule has 4 heteroatoms. The van der Waals surface area contributed by atoms with Crippen molar-refractivity contribution in [3.63, 3.8) is 0 Å². The molecule has 0 radical (unpaired) electrons. The molecule has 3 saturated carbocycles. The third-order valence-electron chi connectivity index (χ3n) is 7.51. The maximum absolute atomic E-state index is 9.54. The maximum Gasteiger partial charge on any atom is 0.462 e. The van der Waals surface area contributed by atoms with E-state index in [4.69, 9.17) is 9.31 Å². The number of nitriles is 1. The third-order valence-corrected chi connectivity index (χ3v) is 7.51. The zero-order chi connectivity index (χ0) is 16.6. The van der Waals surface area contributed by atoms with E-state index < -0.39 is 0 Å². The van der Waals surface area contributed by atoms with Gasteiger partial charge in [0.05, 0.1) is 23.7 Å². The summed E-state index contributed by atoms with van der Waals surface area (Å²) < 4.78 is 13.2. The van der Waals surface area contributed by atoms with Crippen molar-refractivity contribution in [3.05, 3.63) is 0 Å². The van der Waals surface area contributed by atoms with Crippen LogP contribution in [-0.4, -0.2) is 19.3 Å². The average Bonchev–Trinajstić information content (AvgIpc) is 3.06. The van der Waals surface area contributed by atoms with Crippen molar-refractivity contribution in [2.45, 2.75) is 102 Å². The van der Waals surface area contributed by atoms with Crippen LogP contribution in [0.3, 0.4) is 0 Å². The van der Waals surface area contributed by atoms with Gasteiger partial charge in [-0.25, -0.2) is 0 Å². The first-order chi connectivity index (χ1) is 11.7. The zero-order valence-corrected chi connectivity index (χ0v) is 15.2. The number of rotatable bonds is 3. The van der Waals surface area contributed by atoms with Gasteiger partial charge in [0, 0.05) is 5.82 Å². The van der Waals surface area contributed by atoms with E-state index in [0.717, 1.165) is 12.8 Å². The fourth-order valence-corrected chi connectivity index (χ4v) is 5.69. The summed E-state index contributed by atoms with van der Waals surface area (Å²) in [5, 5.41) is 9.54. The van der Waals surface area contributed by atoms with Crippen LogP contribution in [0.15, 0.2) is 0 Å². The normalized spacial score (nSPS) is 41.8. The molecule has 0 amide bonds. The van der Waals surface area contributed by atoms with Gasteiger partial charge in [0.15, 0.2) is 0 Å². The minimum Gasteiger partial charge on any atom is -0.405 e.